The summed E-state index contributed by atoms with van der Waals surface area (Å²) in [5.74, 6) is -3.70. The molecular weight excluding hydrogens is 708 g/mol. The Morgan fingerprint density at radius 2 is 0.976 bits per heavy atom. The van der Waals surface area contributed by atoms with Gasteiger partial charge in [0, 0.05) is 56.4 Å². The molecular formula is C30H22Br2CuN2O6. The largest absolute Gasteiger partial charge is 2.00 e. The first-order valence-electron chi connectivity index (χ1n) is 12.6. The molecule has 41 heavy (non-hydrogen) atoms. The van der Waals surface area contributed by atoms with Crippen LogP contribution in [0.5, 0.6) is 0 Å². The van der Waals surface area contributed by atoms with Gasteiger partial charge >= 0.3 is 17.1 Å². The van der Waals surface area contributed by atoms with Gasteiger partial charge in [0.1, 0.15) is 0 Å². The van der Waals surface area contributed by atoms with Crippen molar-refractivity contribution in [2.24, 2.45) is 0 Å². The number of halogens is 2. The van der Waals surface area contributed by atoms with Crippen molar-refractivity contribution in [2.75, 3.05) is 0 Å². The van der Waals surface area contributed by atoms with Crippen LogP contribution in [0.4, 0.5) is 0 Å². The number of carbonyl (C=O) groups is 4. The fraction of sp³-hybridized carbons (Fsp3) is 0.200. The maximum atomic E-state index is 12.5. The average molecular weight is 730 g/mol. The van der Waals surface area contributed by atoms with Crippen molar-refractivity contribution in [1.82, 2.24) is 9.13 Å². The molecule has 2 atom stereocenters. The summed E-state index contributed by atoms with van der Waals surface area (Å²) < 4.78 is 4.87. The number of hydrogen-bond acceptors (Lipinski definition) is 6. The van der Waals surface area contributed by atoms with Crippen LogP contribution < -0.4 is 10.2 Å². The second kappa shape index (κ2) is 12.7. The molecule has 8 nitrogen and oxygen atoms in total. The van der Waals surface area contributed by atoms with E-state index in [1.165, 1.54) is 0 Å². The number of aliphatic carboxylic acids is 2. The summed E-state index contributed by atoms with van der Waals surface area (Å²) in [6.45, 7) is 1.04. The van der Waals surface area contributed by atoms with Gasteiger partial charge in [0.05, 0.1) is 23.3 Å². The summed E-state index contributed by atoms with van der Waals surface area (Å²) >= 11 is 6.71. The zero-order chi connectivity index (χ0) is 28.6. The second-order valence-corrected chi connectivity index (χ2v) is 11.2. The number of fused-ring (bicyclic) bond motifs is 2. The van der Waals surface area contributed by atoms with Gasteiger partial charge in [-0.15, -0.1) is 0 Å². The number of carboxylic acids is 2. The smallest absolute Gasteiger partial charge is 0.549 e. The van der Waals surface area contributed by atoms with E-state index in [0.29, 0.717) is 68.8 Å². The van der Waals surface area contributed by atoms with E-state index in [-0.39, 0.29) is 28.6 Å². The maximum Gasteiger partial charge on any atom is 2.00 e. The molecule has 0 saturated heterocycles. The third kappa shape index (κ3) is 5.90. The molecule has 2 aliphatic heterocycles. The maximum absolute atomic E-state index is 12.5. The monoisotopic (exact) mass is 727 g/mol. The molecule has 2 aliphatic rings. The molecule has 4 heterocycles. The third-order valence-electron chi connectivity index (χ3n) is 7.23. The predicted octanol–water partition coefficient (Wildman–Crippen LogP) is 3.44. The number of nitrogens with zero attached hydrogens (tertiary/aromatic N) is 2. The molecule has 11 heteroatoms. The van der Waals surface area contributed by atoms with E-state index in [1.807, 2.05) is 12.1 Å². The van der Waals surface area contributed by atoms with Gasteiger partial charge in [-0.05, 0) is 56.8 Å². The van der Waals surface area contributed by atoms with E-state index in [1.54, 1.807) is 69.8 Å². The second-order valence-electron chi connectivity index (χ2n) is 9.54. The Balaban J connectivity index is 0.000000184. The Morgan fingerprint density at radius 1 is 0.634 bits per heavy atom. The van der Waals surface area contributed by atoms with Gasteiger partial charge in [-0.1, -0.05) is 60.7 Å². The van der Waals surface area contributed by atoms with Crippen molar-refractivity contribution < 1.29 is 46.5 Å². The van der Waals surface area contributed by atoms with Crippen LogP contribution in [0.15, 0.2) is 81.7 Å². The van der Waals surface area contributed by atoms with Crippen LogP contribution in [-0.4, -0.2) is 32.6 Å². The number of ketones is 2. The van der Waals surface area contributed by atoms with Crippen LogP contribution in [0.25, 0.3) is 0 Å². The first-order valence-corrected chi connectivity index (χ1v) is 14.2. The van der Waals surface area contributed by atoms with E-state index < -0.39 is 23.8 Å². The first-order chi connectivity index (χ1) is 19.2. The number of hydrogen-bond donors (Lipinski definition) is 0. The molecule has 1 radical (unpaired) electrons. The van der Waals surface area contributed by atoms with Crippen LogP contribution in [0.1, 0.15) is 68.2 Å². The number of rotatable bonds is 6. The van der Waals surface area contributed by atoms with E-state index in [4.69, 9.17) is 0 Å². The standard InChI is InChI=1S/2C15H12BrNO3.Cu/c2*16-11-8-12(14(18)9-4-2-1-3-5-9)17-7-6-10(13(11)17)15(19)20;/h2*1-5,8,10H,6-7H2,(H,19,20);/q;;+2/p-2. The van der Waals surface area contributed by atoms with Crippen molar-refractivity contribution in [1.29, 1.82) is 0 Å². The van der Waals surface area contributed by atoms with E-state index in [9.17, 15) is 29.4 Å². The van der Waals surface area contributed by atoms with Crippen molar-refractivity contribution in [2.45, 2.75) is 37.8 Å². The molecule has 2 unspecified atom stereocenters. The molecule has 0 bridgehead atoms. The van der Waals surface area contributed by atoms with E-state index >= 15 is 0 Å². The van der Waals surface area contributed by atoms with Crippen molar-refractivity contribution in [3.8, 4) is 0 Å². The molecule has 0 amide bonds. The van der Waals surface area contributed by atoms with Crippen LogP contribution >= 0.6 is 31.9 Å². The van der Waals surface area contributed by atoms with Gasteiger partial charge in [-0.3, -0.25) is 9.59 Å². The summed E-state index contributed by atoms with van der Waals surface area (Å²) in [6, 6.07) is 21.3. The summed E-state index contributed by atoms with van der Waals surface area (Å²) in [6.07, 6.45) is 0.929. The number of carboxylic acid groups (broad SMARTS) is 2. The zero-order valence-corrected chi connectivity index (χ0v) is 25.4. The Labute approximate surface area is 263 Å². The van der Waals surface area contributed by atoms with Crippen LogP contribution in [0.3, 0.4) is 0 Å². The first kappa shape index (κ1) is 30.7. The van der Waals surface area contributed by atoms with Crippen molar-refractivity contribution in [3.05, 3.63) is 116 Å². The minimum Gasteiger partial charge on any atom is -0.549 e. The average Bonchev–Trinajstić information content (AvgIpc) is 3.72. The van der Waals surface area contributed by atoms with Gasteiger partial charge in [0.15, 0.2) is 0 Å². The van der Waals surface area contributed by atoms with Crippen molar-refractivity contribution in [3.63, 3.8) is 0 Å². The topological polar surface area (TPSA) is 124 Å². The van der Waals surface area contributed by atoms with Crippen LogP contribution in [-0.2, 0) is 39.7 Å². The summed E-state index contributed by atoms with van der Waals surface area (Å²) in [4.78, 5) is 47.3. The Bertz CT molecular complexity index is 1510. The number of aromatic nitrogens is 2. The van der Waals surface area contributed by atoms with Gasteiger partial charge in [-0.2, -0.15) is 0 Å². The van der Waals surface area contributed by atoms with Crippen LogP contribution in [0, 0.1) is 0 Å². The molecule has 0 spiro atoms. The SMILES string of the molecule is O=C(c1ccccc1)c1cc(Br)c2n1CCC2C(=O)[O-].O=C(c1ccccc1)c1cc(Br)c2n1CCC2C(=O)[O-].[Cu+2]. The Morgan fingerprint density at radius 3 is 1.29 bits per heavy atom. The fourth-order valence-electron chi connectivity index (χ4n) is 5.35. The minimum atomic E-state index is -1.10. The number of carbonyl (C=O) groups excluding carboxylic acids is 4. The predicted molar refractivity (Wildman–Crippen MR) is 149 cm³/mol. The minimum absolute atomic E-state index is 0. The van der Waals surface area contributed by atoms with Gasteiger partial charge in [0.25, 0.3) is 0 Å². The fourth-order valence-corrected chi connectivity index (χ4v) is 6.77. The molecule has 2 aromatic carbocycles. The van der Waals surface area contributed by atoms with Crippen molar-refractivity contribution >= 4 is 55.4 Å². The summed E-state index contributed by atoms with van der Waals surface area (Å²) in [5, 5.41) is 22.3. The van der Waals surface area contributed by atoms with Crippen LogP contribution in [0.2, 0.25) is 0 Å². The third-order valence-corrected chi connectivity index (χ3v) is 8.50. The zero-order valence-electron chi connectivity index (χ0n) is 21.3. The van der Waals surface area contributed by atoms with E-state index in [0.717, 1.165) is 0 Å². The molecule has 0 N–H and O–H groups in total. The van der Waals surface area contributed by atoms with E-state index in [2.05, 4.69) is 31.9 Å². The van der Waals surface area contributed by atoms with Gasteiger partial charge in [0.2, 0.25) is 11.6 Å². The van der Waals surface area contributed by atoms with Gasteiger partial charge in [-0.25, -0.2) is 0 Å². The van der Waals surface area contributed by atoms with Gasteiger partial charge < -0.3 is 28.9 Å². The summed E-state index contributed by atoms with van der Waals surface area (Å²) in [7, 11) is 0. The molecule has 0 aliphatic carbocycles. The molecule has 213 valence electrons. The quantitative estimate of drug-likeness (QED) is 0.222. The Hall–Kier alpha value is -3.24. The normalized spacial score (nSPS) is 16.5. The molecule has 0 fully saturated rings. The Kier molecular flexibility index (Phi) is 9.54. The molecule has 6 rings (SSSR count). The summed E-state index contributed by atoms with van der Waals surface area (Å²) in [5.41, 5.74) is 3.48. The molecule has 4 aromatic rings. The number of benzene rings is 2. The molecule has 2 aromatic heterocycles. The molecule has 0 saturated carbocycles.